The number of aryl methyl sites for hydroxylation is 1. The largest absolute Gasteiger partial charge is 0.317 e. The number of rotatable bonds is 3. The molecule has 4 nitrogen and oxygen atoms in total. The minimum atomic E-state index is -0.499. The Morgan fingerprint density at radius 2 is 1.80 bits per heavy atom. The van der Waals surface area contributed by atoms with E-state index in [4.69, 9.17) is 0 Å². The molecule has 0 N–H and O–H groups in total. The molecule has 1 fully saturated rings. The van der Waals surface area contributed by atoms with Crippen LogP contribution in [0.15, 0.2) is 59.6 Å². The summed E-state index contributed by atoms with van der Waals surface area (Å²) in [4.78, 5) is 21.3. The molecule has 2 aromatic carbocycles. The summed E-state index contributed by atoms with van der Waals surface area (Å²) in [6, 6.07) is 18.8. The summed E-state index contributed by atoms with van der Waals surface area (Å²) >= 11 is 0. The van der Waals surface area contributed by atoms with Crippen LogP contribution in [0.1, 0.15) is 24.0 Å². The van der Waals surface area contributed by atoms with E-state index in [2.05, 4.69) is 64.2 Å². The van der Waals surface area contributed by atoms with Crippen LogP contribution in [0.4, 0.5) is 5.69 Å². The van der Waals surface area contributed by atoms with Crippen molar-refractivity contribution in [2.75, 3.05) is 18.0 Å². The van der Waals surface area contributed by atoms with Gasteiger partial charge in [-0.25, -0.2) is 4.99 Å². The van der Waals surface area contributed by atoms with Crippen LogP contribution in [-0.4, -0.2) is 35.8 Å². The fourth-order valence-electron chi connectivity index (χ4n) is 3.91. The zero-order valence-corrected chi connectivity index (χ0v) is 14.6. The normalized spacial score (nSPS) is 19.7. The van der Waals surface area contributed by atoms with E-state index in [-0.39, 0.29) is 5.91 Å². The van der Waals surface area contributed by atoms with Gasteiger partial charge < -0.3 is 4.90 Å². The molecule has 0 aromatic heterocycles. The number of anilines is 1. The smallest absolute Gasteiger partial charge is 0.273 e. The Hall–Kier alpha value is -2.46. The molecule has 2 aliphatic heterocycles. The number of piperidine rings is 1. The van der Waals surface area contributed by atoms with Crippen LogP contribution < -0.4 is 4.90 Å². The second-order valence-corrected chi connectivity index (χ2v) is 7.05. The topological polar surface area (TPSA) is 35.9 Å². The van der Waals surface area contributed by atoms with Gasteiger partial charge in [-0.05, 0) is 43.0 Å². The van der Waals surface area contributed by atoms with Gasteiger partial charge >= 0.3 is 0 Å². The lowest BCUT2D eigenvalue weighted by Gasteiger charge is -2.43. The van der Waals surface area contributed by atoms with E-state index in [9.17, 15) is 4.79 Å². The van der Waals surface area contributed by atoms with Crippen molar-refractivity contribution >= 4 is 17.9 Å². The molecule has 0 atom stereocenters. The molecule has 2 aromatic rings. The van der Waals surface area contributed by atoms with E-state index < -0.39 is 5.54 Å². The lowest BCUT2D eigenvalue weighted by atomic mass is 9.85. The fourth-order valence-corrected chi connectivity index (χ4v) is 3.91. The summed E-state index contributed by atoms with van der Waals surface area (Å²) in [5.41, 5.74) is 3.08. The number of carbonyl (C=O) groups excluding carboxylic acids is 1. The van der Waals surface area contributed by atoms with Crippen molar-refractivity contribution in [2.45, 2.75) is 31.8 Å². The van der Waals surface area contributed by atoms with Crippen molar-refractivity contribution in [3.05, 3.63) is 65.7 Å². The van der Waals surface area contributed by atoms with Gasteiger partial charge in [0.15, 0.2) is 0 Å². The minimum Gasteiger partial charge on any atom is -0.317 e. The number of carbonyl (C=O) groups is 1. The molecule has 0 unspecified atom stereocenters. The van der Waals surface area contributed by atoms with E-state index in [0.717, 1.165) is 38.2 Å². The van der Waals surface area contributed by atoms with Crippen LogP contribution in [0, 0.1) is 6.92 Å². The number of hydrogen-bond acceptors (Lipinski definition) is 3. The van der Waals surface area contributed by atoms with Gasteiger partial charge in [-0.3, -0.25) is 9.69 Å². The standard InChI is InChI=1S/C21H23N3O/c1-17-6-5-9-19(14-17)24-16-22-20(25)21(24)10-12-23(13-11-21)15-18-7-3-2-4-8-18/h2-9,14,16H,10-13,15H2,1H3. The molecule has 25 heavy (non-hydrogen) atoms. The molecule has 0 radical (unpaired) electrons. The number of aliphatic imine (C=N–C) groups is 1. The number of hydrogen-bond donors (Lipinski definition) is 0. The first-order valence-corrected chi connectivity index (χ1v) is 8.88. The highest BCUT2D eigenvalue weighted by molar-refractivity contribution is 6.08. The maximum atomic E-state index is 12.6. The third-order valence-electron chi connectivity index (χ3n) is 5.36. The van der Waals surface area contributed by atoms with E-state index in [1.165, 1.54) is 11.1 Å². The highest BCUT2D eigenvalue weighted by Crippen LogP contribution is 2.37. The third kappa shape index (κ3) is 2.98. The van der Waals surface area contributed by atoms with Gasteiger partial charge in [-0.15, -0.1) is 0 Å². The van der Waals surface area contributed by atoms with Crippen LogP contribution in [0.25, 0.3) is 0 Å². The van der Waals surface area contributed by atoms with Crippen molar-refractivity contribution in [2.24, 2.45) is 4.99 Å². The third-order valence-corrected chi connectivity index (χ3v) is 5.36. The second-order valence-electron chi connectivity index (χ2n) is 7.05. The SMILES string of the molecule is Cc1cccc(N2C=NC(=O)C23CCN(Cc2ccccc2)CC3)c1. The Bertz CT molecular complexity index is 792. The maximum Gasteiger partial charge on any atom is 0.273 e. The van der Waals surface area contributed by atoms with Crippen molar-refractivity contribution in [1.29, 1.82) is 0 Å². The Morgan fingerprint density at radius 3 is 2.52 bits per heavy atom. The molecule has 4 heteroatoms. The van der Waals surface area contributed by atoms with Gasteiger partial charge in [0.25, 0.3) is 5.91 Å². The van der Waals surface area contributed by atoms with E-state index >= 15 is 0 Å². The highest BCUT2D eigenvalue weighted by atomic mass is 16.2. The van der Waals surface area contributed by atoms with Gasteiger partial charge in [-0.2, -0.15) is 0 Å². The molecular formula is C21H23N3O. The second kappa shape index (κ2) is 6.45. The molecular weight excluding hydrogens is 310 g/mol. The lowest BCUT2D eigenvalue weighted by molar-refractivity contribution is -0.123. The Balaban J connectivity index is 1.51. The Labute approximate surface area is 148 Å². The van der Waals surface area contributed by atoms with Gasteiger partial charge in [0.1, 0.15) is 5.54 Å². The van der Waals surface area contributed by atoms with Crippen molar-refractivity contribution in [3.8, 4) is 0 Å². The van der Waals surface area contributed by atoms with Gasteiger partial charge in [0, 0.05) is 25.3 Å². The van der Waals surface area contributed by atoms with Crippen molar-refractivity contribution in [1.82, 2.24) is 4.90 Å². The fraction of sp³-hybridized carbons (Fsp3) is 0.333. The monoisotopic (exact) mass is 333 g/mol. The van der Waals surface area contributed by atoms with E-state index in [1.54, 1.807) is 6.34 Å². The first-order chi connectivity index (χ1) is 12.2. The molecule has 2 heterocycles. The average molecular weight is 333 g/mol. The number of nitrogens with zero attached hydrogens (tertiary/aromatic N) is 3. The molecule has 2 aliphatic rings. The van der Waals surface area contributed by atoms with Crippen LogP contribution in [0.2, 0.25) is 0 Å². The number of benzene rings is 2. The lowest BCUT2D eigenvalue weighted by Crippen LogP contribution is -2.56. The summed E-state index contributed by atoms with van der Waals surface area (Å²) in [5, 5.41) is 0. The van der Waals surface area contributed by atoms with Gasteiger partial charge in [0.2, 0.25) is 0 Å². The van der Waals surface area contributed by atoms with Gasteiger partial charge in [-0.1, -0.05) is 42.5 Å². The van der Waals surface area contributed by atoms with Crippen LogP contribution in [0.5, 0.6) is 0 Å². The molecule has 0 bridgehead atoms. The molecule has 1 amide bonds. The van der Waals surface area contributed by atoms with Crippen LogP contribution in [-0.2, 0) is 11.3 Å². The molecule has 4 rings (SSSR count). The van der Waals surface area contributed by atoms with E-state index in [1.807, 2.05) is 12.1 Å². The summed E-state index contributed by atoms with van der Waals surface area (Å²) in [6.45, 7) is 4.84. The quantitative estimate of drug-likeness (QED) is 0.864. The highest BCUT2D eigenvalue weighted by Gasteiger charge is 2.49. The molecule has 1 saturated heterocycles. The summed E-state index contributed by atoms with van der Waals surface area (Å²) in [5.74, 6) is 0.00775. The summed E-state index contributed by atoms with van der Waals surface area (Å²) in [6.07, 6.45) is 3.35. The number of likely N-dealkylation sites (tertiary alicyclic amines) is 1. The van der Waals surface area contributed by atoms with Crippen LogP contribution >= 0.6 is 0 Å². The van der Waals surface area contributed by atoms with Crippen LogP contribution in [0.3, 0.4) is 0 Å². The molecule has 0 aliphatic carbocycles. The Kier molecular flexibility index (Phi) is 4.14. The maximum absolute atomic E-state index is 12.6. The predicted octanol–water partition coefficient (Wildman–Crippen LogP) is 3.40. The number of amides is 1. The zero-order valence-electron chi connectivity index (χ0n) is 14.6. The van der Waals surface area contributed by atoms with Gasteiger partial charge in [0.05, 0.1) is 6.34 Å². The molecule has 1 spiro atoms. The summed E-state index contributed by atoms with van der Waals surface area (Å²) in [7, 11) is 0. The predicted molar refractivity (Wildman–Crippen MR) is 101 cm³/mol. The zero-order chi connectivity index (χ0) is 17.3. The van der Waals surface area contributed by atoms with Crippen molar-refractivity contribution < 1.29 is 4.79 Å². The average Bonchev–Trinajstić information content (AvgIpc) is 2.94. The van der Waals surface area contributed by atoms with Crippen molar-refractivity contribution in [3.63, 3.8) is 0 Å². The van der Waals surface area contributed by atoms with E-state index in [0.29, 0.717) is 0 Å². The Morgan fingerprint density at radius 1 is 1.04 bits per heavy atom. The molecule has 128 valence electrons. The summed E-state index contributed by atoms with van der Waals surface area (Å²) < 4.78 is 0. The first kappa shape index (κ1) is 16.0. The molecule has 0 saturated carbocycles. The first-order valence-electron chi connectivity index (χ1n) is 8.88. The minimum absolute atomic E-state index is 0.00775.